The summed E-state index contributed by atoms with van der Waals surface area (Å²) >= 11 is 0. The maximum atomic E-state index is 13.0. The van der Waals surface area contributed by atoms with Gasteiger partial charge in [-0.25, -0.2) is 19.2 Å². The smallest absolute Gasteiger partial charge is 0.339 e. The van der Waals surface area contributed by atoms with Gasteiger partial charge < -0.3 is 20.1 Å². The first-order chi connectivity index (χ1) is 15.6. The Morgan fingerprint density at radius 2 is 1.39 bits per heavy atom. The van der Waals surface area contributed by atoms with Crippen LogP contribution in [-0.2, 0) is 4.74 Å². The van der Waals surface area contributed by atoms with Crippen LogP contribution in [0, 0.1) is 5.92 Å². The number of esters is 1. The molecular formula is C25H28O8. The van der Waals surface area contributed by atoms with Crippen molar-refractivity contribution in [3.8, 4) is 11.1 Å². The number of carbonyl (C=O) groups excluding carboxylic acids is 1. The Labute approximate surface area is 191 Å². The second kappa shape index (κ2) is 11.8. The van der Waals surface area contributed by atoms with Crippen molar-refractivity contribution in [2.24, 2.45) is 5.92 Å². The fourth-order valence-electron chi connectivity index (χ4n) is 3.59. The zero-order valence-corrected chi connectivity index (χ0v) is 18.7. The molecule has 0 saturated carbocycles. The van der Waals surface area contributed by atoms with Crippen molar-refractivity contribution in [1.29, 1.82) is 0 Å². The highest BCUT2D eigenvalue weighted by molar-refractivity contribution is 6.17. The van der Waals surface area contributed by atoms with Crippen LogP contribution in [0.3, 0.4) is 0 Å². The van der Waals surface area contributed by atoms with Gasteiger partial charge in [0.25, 0.3) is 0 Å². The summed E-state index contributed by atoms with van der Waals surface area (Å²) in [5.74, 6) is -5.50. The van der Waals surface area contributed by atoms with E-state index in [1.165, 1.54) is 0 Å². The first-order valence-electron chi connectivity index (χ1n) is 10.8. The third-order valence-corrected chi connectivity index (χ3v) is 5.18. The number of hydrogen-bond acceptors (Lipinski definition) is 5. The fourth-order valence-corrected chi connectivity index (χ4v) is 3.59. The van der Waals surface area contributed by atoms with E-state index < -0.39 is 46.1 Å². The molecule has 0 aliphatic carbocycles. The van der Waals surface area contributed by atoms with Gasteiger partial charge in [-0.1, -0.05) is 69.9 Å². The van der Waals surface area contributed by atoms with Gasteiger partial charge >= 0.3 is 23.9 Å². The van der Waals surface area contributed by atoms with Crippen LogP contribution in [0.1, 0.15) is 87.4 Å². The van der Waals surface area contributed by atoms with Crippen molar-refractivity contribution in [2.45, 2.75) is 46.0 Å². The molecule has 0 spiro atoms. The van der Waals surface area contributed by atoms with Gasteiger partial charge in [0.1, 0.15) is 0 Å². The van der Waals surface area contributed by atoms with Crippen molar-refractivity contribution >= 4 is 23.9 Å². The predicted octanol–water partition coefficient (Wildman–Crippen LogP) is 5.21. The molecule has 33 heavy (non-hydrogen) atoms. The molecule has 0 radical (unpaired) electrons. The summed E-state index contributed by atoms with van der Waals surface area (Å²) < 4.78 is 5.30. The van der Waals surface area contributed by atoms with E-state index in [0.29, 0.717) is 17.9 Å². The number of carboxylic acid groups (broad SMARTS) is 3. The van der Waals surface area contributed by atoms with Gasteiger partial charge in [0.05, 0.1) is 28.9 Å². The van der Waals surface area contributed by atoms with Crippen molar-refractivity contribution in [3.63, 3.8) is 0 Å². The van der Waals surface area contributed by atoms with E-state index in [0.717, 1.165) is 31.7 Å². The molecule has 0 atom stereocenters. The summed E-state index contributed by atoms with van der Waals surface area (Å²) in [6, 6.07) is 9.11. The molecule has 8 nitrogen and oxygen atoms in total. The highest BCUT2D eigenvalue weighted by atomic mass is 16.5. The Morgan fingerprint density at radius 3 is 1.94 bits per heavy atom. The van der Waals surface area contributed by atoms with E-state index in [4.69, 9.17) is 4.74 Å². The Morgan fingerprint density at radius 1 is 0.788 bits per heavy atom. The summed E-state index contributed by atoms with van der Waals surface area (Å²) in [6.07, 6.45) is 4.55. The summed E-state index contributed by atoms with van der Waals surface area (Å²) in [5, 5.41) is 28.9. The van der Waals surface area contributed by atoms with Crippen molar-refractivity contribution in [1.82, 2.24) is 0 Å². The molecule has 0 fully saturated rings. The number of carboxylic acids is 3. The zero-order chi connectivity index (χ0) is 24.5. The van der Waals surface area contributed by atoms with E-state index in [2.05, 4.69) is 13.8 Å². The largest absolute Gasteiger partial charge is 0.478 e. The first-order valence-corrected chi connectivity index (χ1v) is 10.8. The molecule has 3 N–H and O–H groups in total. The maximum Gasteiger partial charge on any atom is 0.339 e. The maximum absolute atomic E-state index is 13.0. The molecule has 0 heterocycles. The van der Waals surface area contributed by atoms with Gasteiger partial charge in [-0.3, -0.25) is 0 Å². The zero-order valence-electron chi connectivity index (χ0n) is 18.7. The molecule has 2 rings (SSSR count). The topological polar surface area (TPSA) is 138 Å². The lowest BCUT2D eigenvalue weighted by molar-refractivity contribution is 0.0486. The van der Waals surface area contributed by atoms with Crippen LogP contribution in [0.25, 0.3) is 11.1 Å². The molecule has 2 aromatic rings. The summed E-state index contributed by atoms with van der Waals surface area (Å²) in [6.45, 7) is 4.33. The molecule has 8 heteroatoms. The molecule has 0 aliphatic heterocycles. The Balaban J connectivity index is 2.45. The van der Waals surface area contributed by atoms with Crippen LogP contribution in [0.2, 0.25) is 0 Å². The van der Waals surface area contributed by atoms with E-state index in [9.17, 15) is 34.5 Å². The van der Waals surface area contributed by atoms with Crippen LogP contribution in [0.4, 0.5) is 0 Å². The number of aromatic carboxylic acids is 3. The number of carbonyl (C=O) groups is 4. The highest BCUT2D eigenvalue weighted by Crippen LogP contribution is 2.32. The Hall–Kier alpha value is -3.68. The first kappa shape index (κ1) is 25.6. The third-order valence-electron chi connectivity index (χ3n) is 5.18. The molecule has 0 saturated heterocycles. The summed E-state index contributed by atoms with van der Waals surface area (Å²) in [5.41, 5.74) is -2.72. The van der Waals surface area contributed by atoms with Crippen LogP contribution >= 0.6 is 0 Å². The van der Waals surface area contributed by atoms with Crippen molar-refractivity contribution in [3.05, 3.63) is 58.7 Å². The number of rotatable bonds is 12. The minimum absolute atomic E-state index is 0.0164. The summed E-state index contributed by atoms with van der Waals surface area (Å²) in [4.78, 5) is 48.6. The normalized spacial score (nSPS) is 10.8. The third kappa shape index (κ3) is 6.65. The van der Waals surface area contributed by atoms with E-state index in [-0.39, 0.29) is 12.2 Å². The standard InChI is InChI=1S/C25H28O8/c1-15(2)10-6-3-4-9-13-33-25(32)20-17(16-11-7-5-8-12-16)14-18(22(26)27)19(23(28)29)21(20)24(30)31/h5,7-8,11-12,14-15H,3-4,6,9-10,13H2,1-2H3,(H,26,27)(H,28,29)(H,30,31). The number of benzene rings is 2. The van der Waals surface area contributed by atoms with Crippen LogP contribution in [-0.4, -0.2) is 45.8 Å². The molecule has 0 amide bonds. The second-order valence-electron chi connectivity index (χ2n) is 8.11. The average molecular weight is 456 g/mol. The molecular weight excluding hydrogens is 428 g/mol. The molecule has 0 aromatic heterocycles. The van der Waals surface area contributed by atoms with Gasteiger partial charge in [-0.15, -0.1) is 0 Å². The van der Waals surface area contributed by atoms with Gasteiger partial charge in [0.15, 0.2) is 0 Å². The quantitative estimate of drug-likeness (QED) is 0.292. The lowest BCUT2D eigenvalue weighted by atomic mass is 9.88. The number of ether oxygens (including phenoxy) is 1. The molecule has 2 aromatic carbocycles. The minimum atomic E-state index is -1.76. The Bertz CT molecular complexity index is 1020. The second-order valence-corrected chi connectivity index (χ2v) is 8.11. The predicted molar refractivity (Wildman–Crippen MR) is 121 cm³/mol. The lowest BCUT2D eigenvalue weighted by Gasteiger charge is -2.17. The van der Waals surface area contributed by atoms with E-state index in [1.807, 2.05) is 0 Å². The van der Waals surface area contributed by atoms with Gasteiger partial charge in [0.2, 0.25) is 0 Å². The minimum Gasteiger partial charge on any atom is -0.478 e. The Kier molecular flexibility index (Phi) is 9.15. The van der Waals surface area contributed by atoms with Crippen LogP contribution in [0.15, 0.2) is 36.4 Å². The fraction of sp³-hybridized carbons (Fsp3) is 0.360. The monoisotopic (exact) mass is 456 g/mol. The number of unbranched alkanes of at least 4 members (excludes halogenated alkanes) is 3. The van der Waals surface area contributed by atoms with Gasteiger partial charge in [-0.2, -0.15) is 0 Å². The summed E-state index contributed by atoms with van der Waals surface area (Å²) in [7, 11) is 0. The van der Waals surface area contributed by atoms with Gasteiger partial charge in [0, 0.05) is 0 Å². The molecule has 0 bridgehead atoms. The lowest BCUT2D eigenvalue weighted by Crippen LogP contribution is -2.22. The number of hydrogen-bond donors (Lipinski definition) is 3. The highest BCUT2D eigenvalue weighted by Gasteiger charge is 2.33. The van der Waals surface area contributed by atoms with Crippen molar-refractivity contribution < 1.29 is 39.2 Å². The SMILES string of the molecule is CC(C)CCCCCCOC(=O)c1c(-c2ccccc2)cc(C(=O)O)c(C(=O)O)c1C(=O)O. The van der Waals surface area contributed by atoms with E-state index >= 15 is 0 Å². The molecule has 176 valence electrons. The van der Waals surface area contributed by atoms with Gasteiger partial charge in [-0.05, 0) is 29.5 Å². The molecule has 0 aliphatic rings. The average Bonchev–Trinajstić information content (AvgIpc) is 2.76. The molecule has 0 unspecified atom stereocenters. The van der Waals surface area contributed by atoms with E-state index in [1.54, 1.807) is 30.3 Å². The van der Waals surface area contributed by atoms with Crippen LogP contribution in [0.5, 0.6) is 0 Å². The van der Waals surface area contributed by atoms with Crippen LogP contribution < -0.4 is 0 Å². The van der Waals surface area contributed by atoms with Crippen molar-refractivity contribution in [2.75, 3.05) is 6.61 Å².